The minimum absolute atomic E-state index is 0.160. The van der Waals surface area contributed by atoms with Gasteiger partial charge in [-0.1, -0.05) is 57.8 Å². The summed E-state index contributed by atoms with van der Waals surface area (Å²) >= 11 is 0. The van der Waals surface area contributed by atoms with Crippen molar-refractivity contribution in [2.45, 2.75) is 140 Å². The molecule has 38 heavy (non-hydrogen) atoms. The molecule has 0 spiro atoms. The third kappa shape index (κ3) is 7.85. The number of nitrogens with one attached hydrogen (secondary N) is 3. The van der Waals surface area contributed by atoms with Crippen LogP contribution in [0.4, 0.5) is 4.79 Å². The fourth-order valence-corrected chi connectivity index (χ4v) is 6.60. The van der Waals surface area contributed by atoms with E-state index in [0.29, 0.717) is 32.2 Å². The topological polar surface area (TPSA) is 123 Å². The molecule has 0 saturated heterocycles. The number of amides is 3. The molecule has 216 valence electrons. The summed E-state index contributed by atoms with van der Waals surface area (Å²) in [5.74, 6) is -0.733. The van der Waals surface area contributed by atoms with Gasteiger partial charge in [0.1, 0.15) is 16.7 Å². The van der Waals surface area contributed by atoms with E-state index in [-0.39, 0.29) is 29.6 Å². The molecule has 0 aromatic rings. The predicted octanol–water partition coefficient (Wildman–Crippen LogP) is 4.66. The number of esters is 1. The van der Waals surface area contributed by atoms with Crippen molar-refractivity contribution < 1.29 is 28.7 Å². The van der Waals surface area contributed by atoms with Crippen molar-refractivity contribution in [1.29, 1.82) is 0 Å². The molecule has 0 aromatic carbocycles. The molecule has 0 atom stereocenters. The average molecular weight is 536 g/mol. The minimum Gasteiger partial charge on any atom is -0.467 e. The molecule has 9 heteroatoms. The van der Waals surface area contributed by atoms with Gasteiger partial charge < -0.3 is 25.4 Å². The summed E-state index contributed by atoms with van der Waals surface area (Å²) in [6.07, 6.45) is 12.3. The fraction of sp³-hybridized carbons (Fsp3) is 0.862. The van der Waals surface area contributed by atoms with Crippen molar-refractivity contribution >= 4 is 23.9 Å². The summed E-state index contributed by atoms with van der Waals surface area (Å²) in [5.41, 5.74) is -3.00. The quantitative estimate of drug-likeness (QED) is 0.389. The average Bonchev–Trinajstić information content (AvgIpc) is 2.87. The van der Waals surface area contributed by atoms with Crippen molar-refractivity contribution in [3.63, 3.8) is 0 Å². The first-order valence-corrected chi connectivity index (χ1v) is 14.6. The van der Waals surface area contributed by atoms with Crippen molar-refractivity contribution in [1.82, 2.24) is 16.0 Å². The molecule has 0 unspecified atom stereocenters. The first-order chi connectivity index (χ1) is 17.9. The molecule has 3 N–H and O–H groups in total. The summed E-state index contributed by atoms with van der Waals surface area (Å²) < 4.78 is 10.5. The zero-order valence-electron chi connectivity index (χ0n) is 24.0. The van der Waals surface area contributed by atoms with Crippen molar-refractivity contribution in [3.05, 3.63) is 0 Å². The van der Waals surface area contributed by atoms with Gasteiger partial charge in [0.2, 0.25) is 11.8 Å². The fourth-order valence-electron chi connectivity index (χ4n) is 6.60. The monoisotopic (exact) mass is 535 g/mol. The van der Waals surface area contributed by atoms with E-state index in [9.17, 15) is 19.2 Å². The van der Waals surface area contributed by atoms with Crippen molar-refractivity contribution in [2.75, 3.05) is 13.7 Å². The van der Waals surface area contributed by atoms with Crippen molar-refractivity contribution in [2.24, 2.45) is 5.41 Å². The third-order valence-electron chi connectivity index (χ3n) is 8.62. The third-order valence-corrected chi connectivity index (χ3v) is 8.62. The van der Waals surface area contributed by atoms with Gasteiger partial charge in [-0.3, -0.25) is 9.59 Å². The van der Waals surface area contributed by atoms with E-state index < -0.39 is 22.8 Å². The Labute approximate surface area is 227 Å². The highest BCUT2D eigenvalue weighted by Crippen LogP contribution is 2.40. The number of alkyl carbamates (subject to hydrolysis) is 1. The molecule has 0 heterocycles. The highest BCUT2D eigenvalue weighted by Gasteiger charge is 2.46. The molecule has 0 bridgehead atoms. The molecule has 3 saturated carbocycles. The lowest BCUT2D eigenvalue weighted by Gasteiger charge is -2.41. The van der Waals surface area contributed by atoms with Crippen LogP contribution >= 0.6 is 0 Å². The molecule has 9 nitrogen and oxygen atoms in total. The lowest BCUT2D eigenvalue weighted by molar-refractivity contribution is -0.153. The molecule has 3 aliphatic carbocycles. The number of ether oxygens (including phenoxy) is 2. The largest absolute Gasteiger partial charge is 0.467 e. The maximum atomic E-state index is 13.6. The second-order valence-corrected chi connectivity index (χ2v) is 12.9. The zero-order valence-corrected chi connectivity index (χ0v) is 24.0. The normalized spacial score (nSPS) is 22.4. The summed E-state index contributed by atoms with van der Waals surface area (Å²) in [7, 11) is 1.37. The second kappa shape index (κ2) is 12.7. The Hall–Kier alpha value is -2.32. The first-order valence-electron chi connectivity index (χ1n) is 14.6. The van der Waals surface area contributed by atoms with Crippen LogP contribution in [0.15, 0.2) is 0 Å². The summed E-state index contributed by atoms with van der Waals surface area (Å²) in [4.78, 5) is 52.3. The number of methoxy groups -OCH3 is 1. The van der Waals surface area contributed by atoms with Crippen LogP contribution in [0.3, 0.4) is 0 Å². The molecule has 0 aliphatic heterocycles. The lowest BCUT2D eigenvalue weighted by atomic mass is 9.71. The SMILES string of the molecule is COC(=O)C1(NC(=O)CC2(CNC(=O)C3(NC(=O)OC(C)(C)C)CCCCC3)CCCCC2)CCCCC1. The van der Waals surface area contributed by atoms with Crippen LogP contribution in [-0.4, -0.2) is 54.2 Å². The van der Waals surface area contributed by atoms with E-state index in [0.717, 1.165) is 70.6 Å². The smallest absolute Gasteiger partial charge is 0.408 e. The Morgan fingerprint density at radius 1 is 0.711 bits per heavy atom. The Balaban J connectivity index is 1.70. The summed E-state index contributed by atoms with van der Waals surface area (Å²) in [5, 5.41) is 9.11. The van der Waals surface area contributed by atoms with Gasteiger partial charge in [-0.05, 0) is 64.7 Å². The number of hydrogen-bond donors (Lipinski definition) is 3. The highest BCUT2D eigenvalue weighted by atomic mass is 16.6. The second-order valence-electron chi connectivity index (χ2n) is 12.9. The Bertz CT molecular complexity index is 847. The van der Waals surface area contributed by atoms with Crippen LogP contribution in [0.2, 0.25) is 0 Å². The summed E-state index contributed by atoms with van der Waals surface area (Å²) in [6, 6.07) is 0. The summed E-state index contributed by atoms with van der Waals surface area (Å²) in [6.45, 7) is 5.77. The molecular formula is C29H49N3O6. The minimum atomic E-state index is -1.00. The van der Waals surface area contributed by atoms with E-state index in [1.807, 2.05) is 0 Å². The Morgan fingerprint density at radius 3 is 1.71 bits per heavy atom. The number of hydrogen-bond acceptors (Lipinski definition) is 6. The van der Waals surface area contributed by atoms with Gasteiger partial charge in [-0.15, -0.1) is 0 Å². The predicted molar refractivity (Wildman–Crippen MR) is 144 cm³/mol. The van der Waals surface area contributed by atoms with Crippen LogP contribution in [0.25, 0.3) is 0 Å². The van der Waals surface area contributed by atoms with E-state index in [2.05, 4.69) is 16.0 Å². The maximum absolute atomic E-state index is 13.6. The van der Waals surface area contributed by atoms with Gasteiger partial charge in [-0.2, -0.15) is 0 Å². The van der Waals surface area contributed by atoms with Crippen LogP contribution in [-0.2, 0) is 23.9 Å². The molecule has 0 radical (unpaired) electrons. The number of carbonyl (C=O) groups is 4. The number of rotatable bonds is 8. The van der Waals surface area contributed by atoms with Crippen LogP contribution in [0, 0.1) is 5.41 Å². The lowest BCUT2D eigenvalue weighted by Crippen LogP contribution is -2.61. The molecule has 3 rings (SSSR count). The number of carbonyl (C=O) groups excluding carboxylic acids is 4. The van der Waals surface area contributed by atoms with Gasteiger partial charge in [0.15, 0.2) is 0 Å². The molecule has 3 amide bonds. The van der Waals surface area contributed by atoms with Crippen molar-refractivity contribution in [3.8, 4) is 0 Å². The first kappa shape index (κ1) is 30.2. The van der Waals surface area contributed by atoms with Gasteiger partial charge in [0.25, 0.3) is 0 Å². The van der Waals surface area contributed by atoms with Gasteiger partial charge in [0.05, 0.1) is 7.11 Å². The Morgan fingerprint density at radius 2 is 1.21 bits per heavy atom. The maximum Gasteiger partial charge on any atom is 0.408 e. The van der Waals surface area contributed by atoms with E-state index in [1.54, 1.807) is 20.8 Å². The zero-order chi connectivity index (χ0) is 27.9. The van der Waals surface area contributed by atoms with E-state index in [4.69, 9.17) is 9.47 Å². The highest BCUT2D eigenvalue weighted by molar-refractivity contribution is 5.90. The van der Waals surface area contributed by atoms with Crippen LogP contribution in [0.1, 0.15) is 124 Å². The van der Waals surface area contributed by atoms with Gasteiger partial charge in [0, 0.05) is 13.0 Å². The van der Waals surface area contributed by atoms with Crippen LogP contribution in [0.5, 0.6) is 0 Å². The standard InChI is InChI=1S/C29H49N3O6/c1-26(2,3)38-25(36)32-28(16-10-6-11-17-28)23(34)30-21-27(14-8-5-9-15-27)20-22(33)31-29(24(35)37-4)18-12-7-13-19-29/h5-21H2,1-4H3,(H,30,34)(H,31,33)(H,32,36). The van der Waals surface area contributed by atoms with Gasteiger partial charge in [-0.25, -0.2) is 9.59 Å². The Kier molecular flexibility index (Phi) is 10.1. The van der Waals surface area contributed by atoms with Crippen LogP contribution < -0.4 is 16.0 Å². The van der Waals surface area contributed by atoms with E-state index in [1.165, 1.54) is 7.11 Å². The molecule has 0 aromatic heterocycles. The molecule has 3 fully saturated rings. The molecule has 3 aliphatic rings. The van der Waals surface area contributed by atoms with E-state index >= 15 is 0 Å². The van der Waals surface area contributed by atoms with Gasteiger partial charge >= 0.3 is 12.1 Å². The molecular weight excluding hydrogens is 486 g/mol.